The smallest absolute Gasteiger partial charge is 0.287 e. The van der Waals surface area contributed by atoms with Crippen LogP contribution in [0.4, 0.5) is 0 Å². The number of rotatable bonds is 10. The highest BCUT2D eigenvalue weighted by molar-refractivity contribution is 6.38. The lowest BCUT2D eigenvalue weighted by molar-refractivity contribution is -0.137. The number of ketones is 1. The Morgan fingerprint density at radius 1 is 1.09 bits per heavy atom. The van der Waals surface area contributed by atoms with Gasteiger partial charge in [0.2, 0.25) is 5.78 Å². The van der Waals surface area contributed by atoms with Crippen molar-refractivity contribution in [3.63, 3.8) is 0 Å². The van der Waals surface area contributed by atoms with E-state index in [1.165, 1.54) is 11.1 Å². The van der Waals surface area contributed by atoms with Gasteiger partial charge in [0.1, 0.15) is 0 Å². The molecule has 1 aromatic carbocycles. The molecule has 0 saturated heterocycles. The van der Waals surface area contributed by atoms with Crippen LogP contribution in [-0.2, 0) is 29.2 Å². The number of aromatic nitrogens is 3. The summed E-state index contributed by atoms with van der Waals surface area (Å²) in [6.07, 6.45) is 5.17. The molecule has 3 N–H and O–H groups in total. The van der Waals surface area contributed by atoms with Gasteiger partial charge >= 0.3 is 0 Å². The van der Waals surface area contributed by atoms with Crippen molar-refractivity contribution >= 4 is 17.6 Å². The zero-order valence-electron chi connectivity index (χ0n) is 19.1. The van der Waals surface area contributed by atoms with Crippen molar-refractivity contribution in [2.24, 2.45) is 5.73 Å². The molecule has 3 aromatic rings. The van der Waals surface area contributed by atoms with Gasteiger partial charge in [-0.15, -0.1) is 0 Å². The lowest BCUT2D eigenvalue weighted by atomic mass is 10.0. The highest BCUT2D eigenvalue weighted by Gasteiger charge is 2.26. The van der Waals surface area contributed by atoms with Gasteiger partial charge in [-0.1, -0.05) is 44.0 Å². The maximum absolute atomic E-state index is 13.0. The van der Waals surface area contributed by atoms with Gasteiger partial charge in [-0.25, -0.2) is 9.67 Å². The van der Waals surface area contributed by atoms with E-state index in [4.69, 9.17) is 5.73 Å². The topological polar surface area (TPSA) is 123 Å². The summed E-state index contributed by atoms with van der Waals surface area (Å²) in [6, 6.07) is 12.6. The molecule has 2 amide bonds. The molecule has 9 nitrogen and oxygen atoms in total. The van der Waals surface area contributed by atoms with Gasteiger partial charge < -0.3 is 11.1 Å². The maximum atomic E-state index is 13.0. The second kappa shape index (κ2) is 10.4. The number of nitrogens with zero attached hydrogens (tertiary/aromatic N) is 4. The number of fused-ring (bicyclic) bond motifs is 1. The van der Waals surface area contributed by atoms with Crippen molar-refractivity contribution in [3.8, 4) is 5.82 Å². The Bertz CT molecular complexity index is 1180. The van der Waals surface area contributed by atoms with Crippen molar-refractivity contribution in [2.75, 3.05) is 0 Å². The van der Waals surface area contributed by atoms with Crippen molar-refractivity contribution in [2.45, 2.75) is 51.9 Å². The van der Waals surface area contributed by atoms with Crippen LogP contribution in [-0.4, -0.2) is 43.3 Å². The standard InChI is InChI=1S/C25H28N6O3/c1-2-3-10-21(22(32)23(26)33)28-25(34)20-9-6-12-27-24(20)31-13-11-19(29-31)16-30-14-17-7-4-5-8-18(17)15-30/h4-9,11-13,21H,2-3,10,14-16H2,1H3,(H2,26,33)(H,28,34). The Morgan fingerprint density at radius 3 is 2.50 bits per heavy atom. The Hall–Kier alpha value is -3.85. The Kier molecular flexibility index (Phi) is 7.12. The largest absolute Gasteiger partial charge is 0.363 e. The lowest BCUT2D eigenvalue weighted by Crippen LogP contribution is -2.46. The number of hydrogen-bond donors (Lipinski definition) is 2. The molecule has 3 heterocycles. The van der Waals surface area contributed by atoms with E-state index in [1.54, 1.807) is 29.2 Å². The predicted molar refractivity (Wildman–Crippen MR) is 126 cm³/mol. The van der Waals surface area contributed by atoms with Crippen LogP contribution in [0.15, 0.2) is 54.9 Å². The summed E-state index contributed by atoms with van der Waals surface area (Å²) in [5.74, 6) is -2.03. The minimum Gasteiger partial charge on any atom is -0.363 e. The normalized spacial score (nSPS) is 13.9. The number of amides is 2. The quantitative estimate of drug-likeness (QED) is 0.447. The van der Waals surface area contributed by atoms with Gasteiger partial charge in [0, 0.05) is 32.0 Å². The van der Waals surface area contributed by atoms with E-state index < -0.39 is 23.6 Å². The first kappa shape index (κ1) is 23.3. The predicted octanol–water partition coefficient (Wildman–Crippen LogP) is 2.13. The van der Waals surface area contributed by atoms with Crippen molar-refractivity contribution in [1.82, 2.24) is 25.0 Å². The summed E-state index contributed by atoms with van der Waals surface area (Å²) < 4.78 is 1.56. The molecule has 1 unspecified atom stereocenters. The summed E-state index contributed by atoms with van der Waals surface area (Å²) in [5, 5.41) is 7.29. The number of unbranched alkanes of at least 4 members (excludes halogenated alkanes) is 1. The number of primary amides is 1. The first-order valence-corrected chi connectivity index (χ1v) is 11.4. The van der Waals surface area contributed by atoms with E-state index in [-0.39, 0.29) is 5.56 Å². The third kappa shape index (κ3) is 5.20. The number of hydrogen-bond acceptors (Lipinski definition) is 6. The minimum absolute atomic E-state index is 0.254. The summed E-state index contributed by atoms with van der Waals surface area (Å²) in [4.78, 5) is 43.3. The third-order valence-corrected chi connectivity index (χ3v) is 5.90. The first-order chi connectivity index (χ1) is 16.5. The molecular formula is C25H28N6O3. The van der Waals surface area contributed by atoms with E-state index in [0.717, 1.165) is 25.2 Å². The second-order valence-corrected chi connectivity index (χ2v) is 8.44. The molecule has 0 saturated carbocycles. The number of benzene rings is 1. The zero-order chi connectivity index (χ0) is 24.1. The maximum Gasteiger partial charge on any atom is 0.287 e. The molecule has 4 rings (SSSR count). The molecule has 0 radical (unpaired) electrons. The number of pyridine rings is 1. The van der Waals surface area contributed by atoms with Gasteiger partial charge in [0.05, 0.1) is 17.3 Å². The summed E-state index contributed by atoms with van der Waals surface area (Å²) in [6.45, 7) is 4.37. The van der Waals surface area contributed by atoms with Crippen LogP contribution in [0.3, 0.4) is 0 Å². The highest BCUT2D eigenvalue weighted by atomic mass is 16.2. The third-order valence-electron chi connectivity index (χ3n) is 5.90. The fourth-order valence-corrected chi connectivity index (χ4v) is 4.15. The lowest BCUT2D eigenvalue weighted by Gasteiger charge is -2.17. The average molecular weight is 461 g/mol. The molecule has 9 heteroatoms. The fraction of sp³-hybridized carbons (Fsp3) is 0.320. The zero-order valence-corrected chi connectivity index (χ0v) is 19.1. The summed E-state index contributed by atoms with van der Waals surface area (Å²) >= 11 is 0. The van der Waals surface area contributed by atoms with Crippen molar-refractivity contribution in [1.29, 1.82) is 0 Å². The van der Waals surface area contributed by atoms with Crippen LogP contribution >= 0.6 is 0 Å². The van der Waals surface area contributed by atoms with Crippen molar-refractivity contribution in [3.05, 3.63) is 77.2 Å². The molecule has 1 aliphatic heterocycles. The molecule has 1 atom stereocenters. The Balaban J connectivity index is 1.49. The van der Waals surface area contributed by atoms with Gasteiger partial charge in [-0.05, 0) is 35.7 Å². The number of carbonyl (C=O) groups excluding carboxylic acids is 3. The van der Waals surface area contributed by atoms with Crippen LogP contribution in [0.5, 0.6) is 0 Å². The molecule has 0 aliphatic carbocycles. The Morgan fingerprint density at radius 2 is 1.82 bits per heavy atom. The summed E-state index contributed by atoms with van der Waals surface area (Å²) in [7, 11) is 0. The Labute approximate surface area is 198 Å². The van der Waals surface area contributed by atoms with Gasteiger partial charge in [-0.3, -0.25) is 19.3 Å². The highest BCUT2D eigenvalue weighted by Crippen LogP contribution is 2.23. The van der Waals surface area contributed by atoms with E-state index in [2.05, 4.69) is 44.6 Å². The number of nitrogens with one attached hydrogen (secondary N) is 1. The monoisotopic (exact) mass is 460 g/mol. The summed E-state index contributed by atoms with van der Waals surface area (Å²) in [5.41, 5.74) is 8.94. The van der Waals surface area contributed by atoms with Crippen LogP contribution in [0, 0.1) is 0 Å². The molecule has 0 bridgehead atoms. The fourth-order valence-electron chi connectivity index (χ4n) is 4.15. The molecule has 176 valence electrons. The molecular weight excluding hydrogens is 432 g/mol. The SMILES string of the molecule is CCCCC(NC(=O)c1cccnc1-n1ccc(CN2Cc3ccccc3C2)n1)C(=O)C(N)=O. The molecule has 2 aromatic heterocycles. The molecule has 34 heavy (non-hydrogen) atoms. The first-order valence-electron chi connectivity index (χ1n) is 11.4. The van der Waals surface area contributed by atoms with Gasteiger partial charge in [0.15, 0.2) is 5.82 Å². The van der Waals surface area contributed by atoms with Crippen LogP contribution in [0.1, 0.15) is 53.4 Å². The molecule has 0 spiro atoms. The van der Waals surface area contributed by atoms with E-state index in [9.17, 15) is 14.4 Å². The average Bonchev–Trinajstić information content (AvgIpc) is 3.47. The molecule has 0 fully saturated rings. The van der Waals surface area contributed by atoms with Crippen LogP contribution in [0.2, 0.25) is 0 Å². The second-order valence-electron chi connectivity index (χ2n) is 8.44. The molecule has 1 aliphatic rings. The van der Waals surface area contributed by atoms with E-state index >= 15 is 0 Å². The number of nitrogens with two attached hydrogens (primary N) is 1. The van der Waals surface area contributed by atoms with Gasteiger partial charge in [0.25, 0.3) is 11.8 Å². The van der Waals surface area contributed by atoms with E-state index in [1.807, 2.05) is 13.0 Å². The van der Waals surface area contributed by atoms with Crippen molar-refractivity contribution < 1.29 is 14.4 Å². The van der Waals surface area contributed by atoms with Crippen LogP contribution < -0.4 is 11.1 Å². The minimum atomic E-state index is -1.06. The van der Waals surface area contributed by atoms with E-state index in [0.29, 0.717) is 25.2 Å². The van der Waals surface area contributed by atoms with Gasteiger partial charge in [-0.2, -0.15) is 5.10 Å². The number of carbonyl (C=O) groups is 3. The number of Topliss-reactive ketones (excluding diaryl/α,β-unsaturated/α-hetero) is 1. The van der Waals surface area contributed by atoms with Crippen LogP contribution in [0.25, 0.3) is 5.82 Å².